The largest absolute Gasteiger partial charge is 0.353 e. The normalized spacial score (nSPS) is 17.5. The van der Waals surface area contributed by atoms with Crippen LogP contribution in [0.5, 0.6) is 0 Å². The summed E-state index contributed by atoms with van der Waals surface area (Å²) in [4.78, 5) is 20.7. The highest BCUT2D eigenvalue weighted by Gasteiger charge is 2.26. The average Bonchev–Trinajstić information content (AvgIpc) is 3.44. The number of piperazine rings is 1. The summed E-state index contributed by atoms with van der Waals surface area (Å²) in [6, 6.07) is 4.81. The van der Waals surface area contributed by atoms with E-state index in [1.807, 2.05) is 4.52 Å². The predicted octanol–water partition coefficient (Wildman–Crippen LogP) is 4.08. The lowest BCUT2D eigenvalue weighted by Gasteiger charge is -2.41. The van der Waals surface area contributed by atoms with Crippen molar-refractivity contribution in [1.29, 1.82) is 0 Å². The fraction of sp³-hybridized carbons (Fsp3) is 0.519. The number of aryl methyl sites for hydroxylation is 1. The molecule has 1 aliphatic heterocycles. The van der Waals surface area contributed by atoms with E-state index in [-0.39, 0.29) is 0 Å². The first-order valence-electron chi connectivity index (χ1n) is 12.7. The highest BCUT2D eigenvalue weighted by atomic mass is 15.3. The van der Waals surface area contributed by atoms with Crippen LogP contribution in [0, 0.1) is 13.8 Å². The topological polar surface area (TPSA) is 68.6 Å². The number of anilines is 1. The Kier molecular flexibility index (Phi) is 6.27. The fourth-order valence-electron chi connectivity index (χ4n) is 5.38. The zero-order valence-electron chi connectivity index (χ0n) is 22.1. The van der Waals surface area contributed by atoms with Gasteiger partial charge in [0, 0.05) is 56.1 Å². The molecule has 5 heterocycles. The number of pyridine rings is 2. The minimum Gasteiger partial charge on any atom is -0.353 e. The van der Waals surface area contributed by atoms with Crippen molar-refractivity contribution >= 4 is 22.5 Å². The highest BCUT2D eigenvalue weighted by Crippen LogP contribution is 2.38. The molecular weight excluding hydrogens is 436 g/mol. The molecule has 1 fully saturated rings. The van der Waals surface area contributed by atoms with Crippen molar-refractivity contribution < 1.29 is 0 Å². The van der Waals surface area contributed by atoms with Gasteiger partial charge in [-0.2, -0.15) is 5.10 Å². The van der Waals surface area contributed by atoms with E-state index in [2.05, 4.69) is 96.8 Å². The molecule has 8 nitrogen and oxygen atoms in total. The number of rotatable bonds is 6. The van der Waals surface area contributed by atoms with Crippen molar-refractivity contribution in [3.63, 3.8) is 0 Å². The number of H-pyrrole nitrogens is 1. The van der Waals surface area contributed by atoms with Crippen molar-refractivity contribution in [2.24, 2.45) is 0 Å². The van der Waals surface area contributed by atoms with Crippen molar-refractivity contribution in [2.75, 3.05) is 51.7 Å². The summed E-state index contributed by atoms with van der Waals surface area (Å²) in [6.45, 7) is 16.5. The highest BCUT2D eigenvalue weighted by molar-refractivity contribution is 5.90. The molecule has 4 aromatic rings. The second-order valence-corrected chi connectivity index (χ2v) is 10.6. The van der Waals surface area contributed by atoms with E-state index >= 15 is 0 Å². The molecule has 0 bridgehead atoms. The van der Waals surface area contributed by atoms with Crippen LogP contribution < -0.4 is 4.90 Å². The van der Waals surface area contributed by atoms with Crippen LogP contribution in [0.3, 0.4) is 0 Å². The molecule has 0 unspecified atom stereocenters. The molecule has 1 atom stereocenters. The smallest absolute Gasteiger partial charge is 0.158 e. The molecule has 1 N–H and O–H groups in total. The lowest BCUT2D eigenvalue weighted by molar-refractivity contribution is 0.206. The number of aromatic amines is 1. The maximum absolute atomic E-state index is 5.25. The maximum Gasteiger partial charge on any atom is 0.158 e. The Morgan fingerprint density at radius 1 is 1.14 bits per heavy atom. The third-order valence-corrected chi connectivity index (χ3v) is 7.51. The Morgan fingerprint density at radius 2 is 1.94 bits per heavy atom. The van der Waals surface area contributed by atoms with E-state index in [9.17, 15) is 0 Å². The van der Waals surface area contributed by atoms with Crippen LogP contribution in [-0.4, -0.2) is 87.2 Å². The standard InChI is InChI=1S/C27H38N8/c1-17(2)24-25(21-15-35-27(28-16-29-35)20(5)19(21)4)30-22-8-9-23(31-26(22)24)34-13-12-33(14-18(34)3)11-10-32(6)7/h8-9,15-18,30H,10-14H2,1-7H3/t18-/m0/s1. The van der Waals surface area contributed by atoms with E-state index in [1.165, 1.54) is 11.1 Å². The molecule has 8 heteroatoms. The predicted molar refractivity (Wildman–Crippen MR) is 143 cm³/mol. The number of hydrogen-bond acceptors (Lipinski definition) is 6. The number of nitrogens with zero attached hydrogens (tertiary/aromatic N) is 7. The summed E-state index contributed by atoms with van der Waals surface area (Å²) in [6.07, 6.45) is 3.71. The Bertz CT molecular complexity index is 1350. The van der Waals surface area contributed by atoms with Gasteiger partial charge < -0.3 is 14.8 Å². The van der Waals surface area contributed by atoms with Gasteiger partial charge in [0.2, 0.25) is 0 Å². The zero-order valence-corrected chi connectivity index (χ0v) is 22.1. The molecule has 0 aliphatic carbocycles. The van der Waals surface area contributed by atoms with Gasteiger partial charge in [-0.15, -0.1) is 0 Å². The maximum atomic E-state index is 5.25. The molecule has 1 saturated heterocycles. The van der Waals surface area contributed by atoms with Crippen LogP contribution in [-0.2, 0) is 0 Å². The first-order valence-corrected chi connectivity index (χ1v) is 12.7. The van der Waals surface area contributed by atoms with E-state index < -0.39 is 0 Å². The first kappa shape index (κ1) is 23.8. The van der Waals surface area contributed by atoms with Crippen molar-refractivity contribution in [1.82, 2.24) is 34.4 Å². The van der Waals surface area contributed by atoms with Gasteiger partial charge in [0.1, 0.15) is 12.1 Å². The van der Waals surface area contributed by atoms with Crippen molar-refractivity contribution in [2.45, 2.75) is 46.6 Å². The molecule has 0 aromatic carbocycles. The molecule has 0 saturated carbocycles. The van der Waals surface area contributed by atoms with Gasteiger partial charge in [-0.05, 0) is 64.0 Å². The van der Waals surface area contributed by atoms with E-state index in [4.69, 9.17) is 4.98 Å². The molecule has 4 aromatic heterocycles. The van der Waals surface area contributed by atoms with Crippen molar-refractivity contribution in [3.8, 4) is 11.3 Å². The number of likely N-dealkylation sites (N-methyl/N-ethyl adjacent to an activating group) is 1. The van der Waals surface area contributed by atoms with Gasteiger partial charge in [-0.1, -0.05) is 13.8 Å². The van der Waals surface area contributed by atoms with Crippen LogP contribution in [0.4, 0.5) is 5.82 Å². The summed E-state index contributed by atoms with van der Waals surface area (Å²) >= 11 is 0. The Labute approximate surface area is 208 Å². The van der Waals surface area contributed by atoms with Gasteiger partial charge in [-0.3, -0.25) is 4.90 Å². The summed E-state index contributed by atoms with van der Waals surface area (Å²) in [5.74, 6) is 1.40. The second kappa shape index (κ2) is 9.24. The van der Waals surface area contributed by atoms with Crippen LogP contribution in [0.2, 0.25) is 0 Å². The van der Waals surface area contributed by atoms with E-state index in [1.54, 1.807) is 6.33 Å². The van der Waals surface area contributed by atoms with Gasteiger partial charge in [-0.25, -0.2) is 14.5 Å². The van der Waals surface area contributed by atoms with Gasteiger partial charge in [0.15, 0.2) is 5.65 Å². The summed E-state index contributed by atoms with van der Waals surface area (Å²) < 4.78 is 1.88. The van der Waals surface area contributed by atoms with Crippen LogP contribution >= 0.6 is 0 Å². The number of hydrogen-bond donors (Lipinski definition) is 1. The minimum absolute atomic E-state index is 0.327. The lowest BCUT2D eigenvalue weighted by Crippen LogP contribution is -2.53. The van der Waals surface area contributed by atoms with Gasteiger partial charge in [0.25, 0.3) is 0 Å². The van der Waals surface area contributed by atoms with Crippen LogP contribution in [0.25, 0.3) is 27.9 Å². The molecule has 0 radical (unpaired) electrons. The number of fused-ring (bicyclic) bond motifs is 2. The molecule has 0 amide bonds. The minimum atomic E-state index is 0.327. The van der Waals surface area contributed by atoms with Gasteiger partial charge in [0.05, 0.1) is 16.7 Å². The third-order valence-electron chi connectivity index (χ3n) is 7.51. The molecule has 0 spiro atoms. The SMILES string of the molecule is Cc1c(-c2[nH]c3ccc(N4CCN(CCN(C)C)C[C@@H]4C)nc3c2C(C)C)cn2ncnc2c1C. The Balaban J connectivity index is 1.52. The molecule has 1 aliphatic rings. The van der Waals surface area contributed by atoms with E-state index in [0.29, 0.717) is 12.0 Å². The second-order valence-electron chi connectivity index (χ2n) is 10.6. The third kappa shape index (κ3) is 4.29. The van der Waals surface area contributed by atoms with Crippen LogP contribution in [0.15, 0.2) is 24.7 Å². The van der Waals surface area contributed by atoms with Crippen LogP contribution in [0.1, 0.15) is 43.4 Å². The zero-order chi connectivity index (χ0) is 24.9. The number of aromatic nitrogens is 5. The monoisotopic (exact) mass is 474 g/mol. The van der Waals surface area contributed by atoms with E-state index in [0.717, 1.165) is 72.0 Å². The summed E-state index contributed by atoms with van der Waals surface area (Å²) in [5, 5.41) is 4.41. The lowest BCUT2D eigenvalue weighted by atomic mass is 9.95. The Hall–Kier alpha value is -2.97. The molecular formula is C27H38N8. The Morgan fingerprint density at radius 3 is 2.66 bits per heavy atom. The molecule has 35 heavy (non-hydrogen) atoms. The average molecular weight is 475 g/mol. The fourth-order valence-corrected chi connectivity index (χ4v) is 5.38. The van der Waals surface area contributed by atoms with Gasteiger partial charge >= 0.3 is 0 Å². The molecule has 186 valence electrons. The number of nitrogens with one attached hydrogen (secondary N) is 1. The quantitative estimate of drug-likeness (QED) is 0.454. The summed E-state index contributed by atoms with van der Waals surface area (Å²) in [5.41, 5.74) is 9.01. The van der Waals surface area contributed by atoms with Crippen molar-refractivity contribution in [3.05, 3.63) is 41.3 Å². The first-order chi connectivity index (χ1) is 16.7. The molecule has 5 rings (SSSR count). The summed E-state index contributed by atoms with van der Waals surface area (Å²) in [7, 11) is 4.28.